The Bertz CT molecular complexity index is 736. The molecule has 1 atom stereocenters. The minimum atomic E-state index is -0.231. The van der Waals surface area contributed by atoms with E-state index in [4.69, 9.17) is 0 Å². The maximum absolute atomic E-state index is 12.9. The molecule has 2 N–H and O–H groups in total. The van der Waals surface area contributed by atoms with E-state index < -0.39 is 0 Å². The van der Waals surface area contributed by atoms with E-state index in [-0.39, 0.29) is 11.5 Å². The lowest BCUT2D eigenvalue weighted by atomic mass is 9.97. The van der Waals surface area contributed by atoms with Crippen LogP contribution in [0.1, 0.15) is 23.2 Å². The summed E-state index contributed by atoms with van der Waals surface area (Å²) < 4.78 is 0. The number of hydrogen-bond acceptors (Lipinski definition) is 3. The summed E-state index contributed by atoms with van der Waals surface area (Å²) in [6, 6.07) is 8.88. The summed E-state index contributed by atoms with van der Waals surface area (Å²) in [5, 5.41) is 3.99. The lowest BCUT2D eigenvalue weighted by Crippen LogP contribution is -2.42. The molecule has 1 saturated heterocycles. The Hall–Kier alpha value is -2.14. The van der Waals surface area contributed by atoms with Gasteiger partial charge in [0.1, 0.15) is 0 Å². The Morgan fingerprint density at radius 3 is 3.05 bits per heavy atom. The number of fused-ring (bicyclic) bond motifs is 1. The third kappa shape index (κ3) is 2.90. The lowest BCUT2D eigenvalue weighted by molar-refractivity contribution is 0.0676. The zero-order valence-electron chi connectivity index (χ0n) is 12.8. The largest absolute Gasteiger partial charge is 0.338 e. The highest BCUT2D eigenvalue weighted by molar-refractivity contribution is 6.05. The van der Waals surface area contributed by atoms with Crippen molar-refractivity contribution in [3.8, 4) is 0 Å². The third-order valence-electron chi connectivity index (χ3n) is 4.28. The number of benzene rings is 1. The van der Waals surface area contributed by atoms with Crippen molar-refractivity contribution < 1.29 is 4.79 Å². The fourth-order valence-corrected chi connectivity index (χ4v) is 3.26. The molecule has 1 aromatic heterocycles. The molecule has 0 aliphatic carbocycles. The van der Waals surface area contributed by atoms with Crippen LogP contribution in [0.25, 0.3) is 10.9 Å². The van der Waals surface area contributed by atoms with Gasteiger partial charge in [-0.3, -0.25) is 9.59 Å². The van der Waals surface area contributed by atoms with E-state index >= 15 is 0 Å². The van der Waals surface area contributed by atoms with Gasteiger partial charge in [0.2, 0.25) is 5.56 Å². The summed E-state index contributed by atoms with van der Waals surface area (Å²) in [5.74, 6) is 0.444. The van der Waals surface area contributed by atoms with Crippen LogP contribution >= 0.6 is 0 Å². The van der Waals surface area contributed by atoms with Crippen LogP contribution in [0.5, 0.6) is 0 Å². The summed E-state index contributed by atoms with van der Waals surface area (Å²) in [5.41, 5.74) is 0.984. The van der Waals surface area contributed by atoms with Gasteiger partial charge in [-0.05, 0) is 38.4 Å². The Balaban J connectivity index is 1.93. The van der Waals surface area contributed by atoms with Crippen molar-refractivity contribution in [2.45, 2.75) is 12.8 Å². The minimum Gasteiger partial charge on any atom is -0.338 e. The number of H-pyrrole nitrogens is 1. The second-order valence-electron chi connectivity index (χ2n) is 5.91. The van der Waals surface area contributed by atoms with Crippen LogP contribution in [0.15, 0.2) is 35.1 Å². The molecule has 1 unspecified atom stereocenters. The molecule has 0 saturated carbocycles. The van der Waals surface area contributed by atoms with Gasteiger partial charge in [0.05, 0.1) is 5.56 Å². The average Bonchev–Trinajstić information content (AvgIpc) is 2.54. The maximum Gasteiger partial charge on any atom is 0.254 e. The molecule has 2 heterocycles. The van der Waals surface area contributed by atoms with Crippen molar-refractivity contribution in [1.82, 2.24) is 15.2 Å². The number of likely N-dealkylation sites (tertiary alicyclic amines) is 1. The number of carbonyl (C=O) groups is 1. The van der Waals surface area contributed by atoms with E-state index in [0.717, 1.165) is 37.9 Å². The fourth-order valence-electron chi connectivity index (χ4n) is 3.26. The molecule has 5 heteroatoms. The van der Waals surface area contributed by atoms with Gasteiger partial charge in [0, 0.05) is 30.1 Å². The predicted molar refractivity (Wildman–Crippen MR) is 87.1 cm³/mol. The molecule has 1 amide bonds. The summed E-state index contributed by atoms with van der Waals surface area (Å²) in [6.45, 7) is 2.43. The molecule has 1 fully saturated rings. The molecule has 5 nitrogen and oxygen atoms in total. The number of nitrogens with zero attached hydrogens (tertiary/aromatic N) is 1. The first kappa shape index (κ1) is 14.8. The molecule has 1 aliphatic heterocycles. The van der Waals surface area contributed by atoms with Gasteiger partial charge in [0.25, 0.3) is 5.91 Å². The first-order valence-electron chi connectivity index (χ1n) is 7.75. The van der Waals surface area contributed by atoms with Crippen molar-refractivity contribution in [2.75, 3.05) is 26.7 Å². The number of carbonyl (C=O) groups excluding carboxylic acids is 1. The monoisotopic (exact) mass is 299 g/mol. The number of pyridine rings is 1. The van der Waals surface area contributed by atoms with E-state index in [0.29, 0.717) is 17.0 Å². The van der Waals surface area contributed by atoms with Gasteiger partial charge < -0.3 is 15.2 Å². The standard InChI is InChI=1S/C17H21N3O2/c1-18-10-12-5-4-8-20(11-12)17(22)14-9-16(21)19-15-7-3-2-6-13(14)15/h2-3,6-7,9,12,18H,4-5,8,10-11H2,1H3,(H,19,21). The topological polar surface area (TPSA) is 65.2 Å². The molecule has 0 radical (unpaired) electrons. The van der Waals surface area contributed by atoms with Crippen molar-refractivity contribution in [3.63, 3.8) is 0 Å². The van der Waals surface area contributed by atoms with E-state index in [1.807, 2.05) is 36.2 Å². The SMILES string of the molecule is CNCC1CCCN(C(=O)c2cc(=O)[nH]c3ccccc23)C1. The predicted octanol–water partition coefficient (Wildman–Crippen LogP) is 1.60. The Kier molecular flexibility index (Phi) is 4.24. The van der Waals surface area contributed by atoms with Gasteiger partial charge in [-0.25, -0.2) is 0 Å². The first-order valence-corrected chi connectivity index (χ1v) is 7.75. The summed E-state index contributed by atoms with van der Waals surface area (Å²) in [6.07, 6.45) is 2.15. The van der Waals surface area contributed by atoms with Crippen LogP contribution < -0.4 is 10.9 Å². The molecule has 1 aromatic carbocycles. The van der Waals surface area contributed by atoms with Crippen LogP contribution in [0.3, 0.4) is 0 Å². The highest BCUT2D eigenvalue weighted by Gasteiger charge is 2.25. The Labute approximate surface area is 129 Å². The van der Waals surface area contributed by atoms with Crippen molar-refractivity contribution in [1.29, 1.82) is 0 Å². The van der Waals surface area contributed by atoms with Gasteiger partial charge in [0.15, 0.2) is 0 Å². The quantitative estimate of drug-likeness (QED) is 0.905. The zero-order valence-corrected chi connectivity index (χ0v) is 12.8. The van der Waals surface area contributed by atoms with Crippen LogP contribution in [-0.2, 0) is 0 Å². The number of aromatic nitrogens is 1. The number of nitrogens with one attached hydrogen (secondary N) is 2. The van der Waals surface area contributed by atoms with Crippen molar-refractivity contribution >= 4 is 16.8 Å². The highest BCUT2D eigenvalue weighted by atomic mass is 16.2. The second kappa shape index (κ2) is 6.32. The number of amides is 1. The smallest absolute Gasteiger partial charge is 0.254 e. The van der Waals surface area contributed by atoms with E-state index in [1.165, 1.54) is 6.07 Å². The average molecular weight is 299 g/mol. The highest BCUT2D eigenvalue weighted by Crippen LogP contribution is 2.21. The fraction of sp³-hybridized carbons (Fsp3) is 0.412. The number of aromatic amines is 1. The van der Waals surface area contributed by atoms with E-state index in [1.54, 1.807) is 0 Å². The van der Waals surface area contributed by atoms with Crippen LogP contribution in [-0.4, -0.2) is 42.5 Å². The summed E-state index contributed by atoms with van der Waals surface area (Å²) in [7, 11) is 1.94. The third-order valence-corrected chi connectivity index (χ3v) is 4.28. The molecule has 116 valence electrons. The van der Waals surface area contributed by atoms with Crippen molar-refractivity contribution in [2.24, 2.45) is 5.92 Å². The second-order valence-corrected chi connectivity index (χ2v) is 5.91. The molecule has 1 aliphatic rings. The normalized spacial score (nSPS) is 18.6. The van der Waals surface area contributed by atoms with E-state index in [2.05, 4.69) is 10.3 Å². The number of para-hydroxylation sites is 1. The Morgan fingerprint density at radius 2 is 2.23 bits per heavy atom. The molecule has 0 spiro atoms. The maximum atomic E-state index is 12.9. The van der Waals surface area contributed by atoms with Gasteiger partial charge in [-0.1, -0.05) is 18.2 Å². The minimum absolute atomic E-state index is 0.0388. The summed E-state index contributed by atoms with van der Waals surface area (Å²) >= 11 is 0. The lowest BCUT2D eigenvalue weighted by Gasteiger charge is -2.33. The van der Waals surface area contributed by atoms with Gasteiger partial charge in [-0.15, -0.1) is 0 Å². The number of hydrogen-bond donors (Lipinski definition) is 2. The van der Waals surface area contributed by atoms with E-state index in [9.17, 15) is 9.59 Å². The van der Waals surface area contributed by atoms with Crippen LogP contribution in [0, 0.1) is 5.92 Å². The Morgan fingerprint density at radius 1 is 1.41 bits per heavy atom. The van der Waals surface area contributed by atoms with Crippen LogP contribution in [0.2, 0.25) is 0 Å². The molecular weight excluding hydrogens is 278 g/mol. The number of rotatable bonds is 3. The first-order chi connectivity index (χ1) is 10.7. The van der Waals surface area contributed by atoms with Gasteiger partial charge in [-0.2, -0.15) is 0 Å². The van der Waals surface area contributed by atoms with Crippen molar-refractivity contribution in [3.05, 3.63) is 46.2 Å². The molecule has 0 bridgehead atoms. The van der Waals surface area contributed by atoms with Crippen LogP contribution in [0.4, 0.5) is 0 Å². The molecular formula is C17H21N3O2. The van der Waals surface area contributed by atoms with Gasteiger partial charge >= 0.3 is 0 Å². The molecule has 3 rings (SSSR count). The number of piperidine rings is 1. The molecule has 22 heavy (non-hydrogen) atoms. The zero-order chi connectivity index (χ0) is 15.5. The summed E-state index contributed by atoms with van der Waals surface area (Å²) in [4.78, 5) is 29.4. The molecule has 2 aromatic rings.